The summed E-state index contributed by atoms with van der Waals surface area (Å²) in [5.74, 6) is -1.33. The summed E-state index contributed by atoms with van der Waals surface area (Å²) in [4.78, 5) is 24.5. The van der Waals surface area contributed by atoms with Crippen LogP contribution in [0, 0.1) is 11.7 Å². The number of aliphatic carboxylic acids is 1. The Hall–Kier alpha value is -2.11. The molecular formula is C15H18FNO4. The van der Waals surface area contributed by atoms with Crippen molar-refractivity contribution >= 4 is 11.9 Å². The predicted octanol–water partition coefficient (Wildman–Crippen LogP) is 2.16. The lowest BCUT2D eigenvalue weighted by Gasteiger charge is -2.31. The maximum absolute atomic E-state index is 13.9. The van der Waals surface area contributed by atoms with E-state index in [-0.39, 0.29) is 23.8 Å². The van der Waals surface area contributed by atoms with E-state index in [1.54, 1.807) is 11.0 Å². The number of likely N-dealkylation sites (tertiary alicyclic amines) is 1. The van der Waals surface area contributed by atoms with Crippen LogP contribution in [0.3, 0.4) is 0 Å². The van der Waals surface area contributed by atoms with E-state index in [2.05, 4.69) is 0 Å². The van der Waals surface area contributed by atoms with Crippen molar-refractivity contribution in [1.82, 2.24) is 4.90 Å². The number of amides is 1. The third kappa shape index (κ3) is 3.71. The predicted molar refractivity (Wildman–Crippen MR) is 73.8 cm³/mol. The van der Waals surface area contributed by atoms with Crippen molar-refractivity contribution in [2.75, 3.05) is 20.2 Å². The lowest BCUT2D eigenvalue weighted by atomic mass is 9.93. The Bertz CT molecular complexity index is 538. The van der Waals surface area contributed by atoms with Gasteiger partial charge in [-0.2, -0.15) is 0 Å². The molecule has 114 valence electrons. The zero-order valence-electron chi connectivity index (χ0n) is 11.8. The monoisotopic (exact) mass is 295 g/mol. The Morgan fingerprint density at radius 1 is 1.38 bits per heavy atom. The zero-order chi connectivity index (χ0) is 15.4. The molecule has 0 unspecified atom stereocenters. The van der Waals surface area contributed by atoms with Crippen LogP contribution in [0.25, 0.3) is 0 Å². The first-order valence-corrected chi connectivity index (χ1v) is 6.86. The van der Waals surface area contributed by atoms with Crippen LogP contribution in [-0.4, -0.2) is 42.1 Å². The number of carboxylic acids is 1. The van der Waals surface area contributed by atoms with Gasteiger partial charge in [0.15, 0.2) is 0 Å². The van der Waals surface area contributed by atoms with Crippen LogP contribution in [0.15, 0.2) is 18.2 Å². The number of ether oxygens (including phenoxy) is 1. The van der Waals surface area contributed by atoms with Gasteiger partial charge in [-0.25, -0.2) is 4.39 Å². The van der Waals surface area contributed by atoms with Crippen LogP contribution < -0.4 is 4.74 Å². The van der Waals surface area contributed by atoms with Crippen LogP contribution in [0.5, 0.6) is 5.75 Å². The Balaban J connectivity index is 2.00. The first kappa shape index (κ1) is 15.3. The SMILES string of the molecule is COc1ccc(C(=O)N2CCC(CC(=O)O)CC2)c(F)c1. The number of carbonyl (C=O) groups excluding carboxylic acids is 1. The van der Waals surface area contributed by atoms with Gasteiger partial charge in [-0.1, -0.05) is 0 Å². The lowest BCUT2D eigenvalue weighted by Crippen LogP contribution is -2.39. The van der Waals surface area contributed by atoms with Gasteiger partial charge in [-0.05, 0) is 30.9 Å². The Kier molecular flexibility index (Phi) is 4.77. The van der Waals surface area contributed by atoms with Crippen molar-refractivity contribution in [2.24, 2.45) is 5.92 Å². The van der Waals surface area contributed by atoms with E-state index in [1.165, 1.54) is 19.2 Å². The molecule has 1 aromatic carbocycles. The highest BCUT2D eigenvalue weighted by Gasteiger charge is 2.26. The smallest absolute Gasteiger partial charge is 0.303 e. The summed E-state index contributed by atoms with van der Waals surface area (Å²) in [6, 6.07) is 4.15. The summed E-state index contributed by atoms with van der Waals surface area (Å²) in [6.45, 7) is 0.921. The number of carboxylic acid groups (broad SMARTS) is 1. The number of halogens is 1. The molecule has 1 aliphatic heterocycles. The lowest BCUT2D eigenvalue weighted by molar-refractivity contribution is -0.138. The summed E-state index contributed by atoms with van der Waals surface area (Å²) in [5, 5.41) is 8.76. The number of hydrogen-bond acceptors (Lipinski definition) is 3. The van der Waals surface area contributed by atoms with Crippen LogP contribution >= 0.6 is 0 Å². The highest BCUT2D eigenvalue weighted by atomic mass is 19.1. The number of methoxy groups -OCH3 is 1. The average molecular weight is 295 g/mol. The van der Waals surface area contributed by atoms with Crippen molar-refractivity contribution in [1.29, 1.82) is 0 Å². The van der Waals surface area contributed by atoms with Crippen molar-refractivity contribution in [3.63, 3.8) is 0 Å². The highest BCUT2D eigenvalue weighted by molar-refractivity contribution is 5.94. The van der Waals surface area contributed by atoms with E-state index in [4.69, 9.17) is 9.84 Å². The van der Waals surface area contributed by atoms with Gasteiger partial charge in [-0.3, -0.25) is 9.59 Å². The van der Waals surface area contributed by atoms with Gasteiger partial charge >= 0.3 is 5.97 Å². The summed E-state index contributed by atoms with van der Waals surface area (Å²) in [6.07, 6.45) is 1.39. The van der Waals surface area contributed by atoms with Gasteiger partial charge in [0.05, 0.1) is 12.7 Å². The molecule has 0 radical (unpaired) electrons. The number of benzene rings is 1. The molecule has 1 heterocycles. The number of hydrogen-bond donors (Lipinski definition) is 1. The topological polar surface area (TPSA) is 66.8 Å². The zero-order valence-corrected chi connectivity index (χ0v) is 11.8. The molecule has 1 N–H and O–H groups in total. The van der Waals surface area contributed by atoms with Gasteiger partial charge in [0.1, 0.15) is 11.6 Å². The fraction of sp³-hybridized carbons (Fsp3) is 0.467. The number of nitrogens with zero attached hydrogens (tertiary/aromatic N) is 1. The van der Waals surface area contributed by atoms with Gasteiger partial charge < -0.3 is 14.7 Å². The second-order valence-electron chi connectivity index (χ2n) is 5.18. The largest absolute Gasteiger partial charge is 0.497 e. The standard InChI is InChI=1S/C15H18FNO4/c1-21-11-2-3-12(13(16)9-11)15(20)17-6-4-10(5-7-17)8-14(18)19/h2-3,9-10H,4-8H2,1H3,(H,18,19). The third-order valence-electron chi connectivity index (χ3n) is 3.77. The van der Waals surface area contributed by atoms with Crippen LogP contribution in [0.4, 0.5) is 4.39 Å². The second kappa shape index (κ2) is 6.56. The van der Waals surface area contributed by atoms with Gasteiger partial charge in [0.25, 0.3) is 5.91 Å². The molecule has 0 aromatic heterocycles. The molecular weight excluding hydrogens is 277 g/mol. The summed E-state index contributed by atoms with van der Waals surface area (Å²) in [7, 11) is 1.43. The Morgan fingerprint density at radius 2 is 2.05 bits per heavy atom. The molecule has 1 aliphatic rings. The van der Waals surface area contributed by atoms with Gasteiger partial charge in [-0.15, -0.1) is 0 Å². The average Bonchev–Trinajstić information content (AvgIpc) is 2.46. The normalized spacial score (nSPS) is 15.8. The van der Waals surface area contributed by atoms with Gasteiger partial charge in [0.2, 0.25) is 0 Å². The number of carbonyl (C=O) groups is 2. The van der Waals surface area contributed by atoms with E-state index in [0.29, 0.717) is 31.7 Å². The minimum Gasteiger partial charge on any atom is -0.497 e. The summed E-state index contributed by atoms with van der Waals surface area (Å²) in [5.41, 5.74) is 0.0208. The van der Waals surface area contributed by atoms with Crippen molar-refractivity contribution in [2.45, 2.75) is 19.3 Å². The summed E-state index contributed by atoms with van der Waals surface area (Å²) < 4.78 is 18.8. The van der Waals surface area contributed by atoms with E-state index in [1.807, 2.05) is 0 Å². The molecule has 1 saturated heterocycles. The maximum Gasteiger partial charge on any atom is 0.303 e. The number of piperidine rings is 1. The fourth-order valence-electron chi connectivity index (χ4n) is 2.55. The van der Waals surface area contributed by atoms with Crippen molar-refractivity contribution < 1.29 is 23.8 Å². The second-order valence-corrected chi connectivity index (χ2v) is 5.18. The van der Waals surface area contributed by atoms with Gasteiger partial charge in [0, 0.05) is 25.6 Å². The molecule has 0 atom stereocenters. The molecule has 0 aliphatic carbocycles. The molecule has 0 spiro atoms. The quantitative estimate of drug-likeness (QED) is 0.924. The molecule has 5 nitrogen and oxygen atoms in total. The molecule has 21 heavy (non-hydrogen) atoms. The summed E-state index contributed by atoms with van der Waals surface area (Å²) >= 11 is 0. The Labute approximate surface area is 122 Å². The molecule has 6 heteroatoms. The van der Waals surface area contributed by atoms with E-state index >= 15 is 0 Å². The molecule has 2 rings (SSSR count). The van der Waals surface area contributed by atoms with Crippen LogP contribution in [0.2, 0.25) is 0 Å². The van der Waals surface area contributed by atoms with Crippen LogP contribution in [0.1, 0.15) is 29.6 Å². The third-order valence-corrected chi connectivity index (χ3v) is 3.77. The minimum absolute atomic E-state index is 0.0208. The molecule has 0 saturated carbocycles. The van der Waals surface area contributed by atoms with Crippen molar-refractivity contribution in [3.05, 3.63) is 29.6 Å². The first-order valence-electron chi connectivity index (χ1n) is 6.86. The van der Waals surface area contributed by atoms with E-state index in [9.17, 15) is 14.0 Å². The van der Waals surface area contributed by atoms with Crippen molar-refractivity contribution in [3.8, 4) is 5.75 Å². The number of rotatable bonds is 4. The fourth-order valence-corrected chi connectivity index (χ4v) is 2.55. The molecule has 0 bridgehead atoms. The van der Waals surface area contributed by atoms with E-state index in [0.717, 1.165) is 0 Å². The first-order chi connectivity index (χ1) is 10.0. The molecule has 1 amide bonds. The Morgan fingerprint density at radius 3 is 2.57 bits per heavy atom. The van der Waals surface area contributed by atoms with Crippen LogP contribution in [-0.2, 0) is 4.79 Å². The molecule has 1 fully saturated rings. The minimum atomic E-state index is -0.819. The molecule has 1 aromatic rings. The maximum atomic E-state index is 13.9. The highest BCUT2D eigenvalue weighted by Crippen LogP contribution is 2.23. The van der Waals surface area contributed by atoms with E-state index < -0.39 is 11.8 Å².